The molecule has 0 radical (unpaired) electrons. The number of benzene rings is 1. The molecule has 4 N–H and O–H groups in total. The number of hydrogen-bond donors (Lipinski definition) is 4. The number of rotatable bonds is 8. The molecule has 9 heteroatoms. The van der Waals surface area contributed by atoms with E-state index in [4.69, 9.17) is 4.74 Å². The van der Waals surface area contributed by atoms with E-state index in [0.29, 0.717) is 37.2 Å². The molecular formula is C20H26N6O2S. The maximum absolute atomic E-state index is 10.7. The van der Waals surface area contributed by atoms with Crippen molar-refractivity contribution < 1.29 is 9.84 Å². The minimum atomic E-state index is -0.974. The van der Waals surface area contributed by atoms with Crippen LogP contribution in [-0.4, -0.2) is 46.4 Å². The lowest BCUT2D eigenvalue weighted by atomic mass is 10.1. The average Bonchev–Trinajstić information content (AvgIpc) is 3.43. The number of aliphatic hydroxyl groups is 1. The van der Waals surface area contributed by atoms with Gasteiger partial charge >= 0.3 is 0 Å². The highest BCUT2D eigenvalue weighted by molar-refractivity contribution is 7.10. The summed E-state index contributed by atoms with van der Waals surface area (Å²) in [6.07, 6.45) is 0. The number of nitrogens with zero attached hydrogens (tertiary/aromatic N) is 3. The molecule has 1 unspecified atom stereocenters. The molecule has 2 aromatic heterocycles. The van der Waals surface area contributed by atoms with Gasteiger partial charge in [-0.15, -0.1) is 11.3 Å². The zero-order valence-corrected chi connectivity index (χ0v) is 17.6. The van der Waals surface area contributed by atoms with Crippen LogP contribution in [0, 0.1) is 0 Å². The van der Waals surface area contributed by atoms with Crippen molar-refractivity contribution in [3.8, 4) is 17.1 Å². The second-order valence-corrected chi connectivity index (χ2v) is 7.58. The Morgan fingerprint density at radius 3 is 2.72 bits per heavy atom. The Bertz CT molecular complexity index is 919. The molecule has 8 nitrogen and oxygen atoms in total. The molecule has 0 spiro atoms. The smallest absolute Gasteiger partial charge is 0.191 e. The fraction of sp³-hybridized carbons (Fsp3) is 0.350. The lowest BCUT2D eigenvalue weighted by molar-refractivity contribution is 0.0655. The van der Waals surface area contributed by atoms with Crippen LogP contribution in [-0.2, 0) is 12.1 Å². The van der Waals surface area contributed by atoms with Gasteiger partial charge in [-0.25, -0.2) is 9.98 Å². The van der Waals surface area contributed by atoms with Crippen LogP contribution in [0.4, 0.5) is 0 Å². The molecule has 0 aliphatic rings. The summed E-state index contributed by atoms with van der Waals surface area (Å²) in [4.78, 5) is 9.94. The van der Waals surface area contributed by atoms with Crippen LogP contribution in [0.2, 0.25) is 0 Å². The maximum Gasteiger partial charge on any atom is 0.191 e. The van der Waals surface area contributed by atoms with E-state index in [0.717, 1.165) is 16.2 Å². The number of nitrogens with one attached hydrogen (secondary N) is 3. The molecule has 0 saturated carbocycles. The molecule has 0 saturated heterocycles. The van der Waals surface area contributed by atoms with Crippen molar-refractivity contribution in [1.29, 1.82) is 0 Å². The molecule has 154 valence electrons. The molecule has 29 heavy (non-hydrogen) atoms. The van der Waals surface area contributed by atoms with E-state index in [2.05, 4.69) is 30.8 Å². The summed E-state index contributed by atoms with van der Waals surface area (Å²) in [6.45, 7) is 5.16. The zero-order valence-electron chi connectivity index (χ0n) is 16.8. The predicted octanol–water partition coefficient (Wildman–Crippen LogP) is 2.50. The Kier molecular flexibility index (Phi) is 6.84. The molecule has 0 aliphatic heterocycles. The second kappa shape index (κ2) is 9.53. The highest BCUT2D eigenvalue weighted by Gasteiger charge is 2.24. The second-order valence-electron chi connectivity index (χ2n) is 6.63. The molecule has 0 aliphatic carbocycles. The Labute approximate surface area is 174 Å². The molecule has 3 rings (SSSR count). The summed E-state index contributed by atoms with van der Waals surface area (Å²) < 4.78 is 5.17. The number of aromatic nitrogens is 3. The maximum atomic E-state index is 10.7. The first-order valence-electron chi connectivity index (χ1n) is 9.36. The number of aromatic amines is 1. The Morgan fingerprint density at radius 2 is 2.07 bits per heavy atom. The molecule has 2 heterocycles. The van der Waals surface area contributed by atoms with Gasteiger partial charge in [-0.05, 0) is 49.6 Å². The molecule has 3 aromatic rings. The lowest BCUT2D eigenvalue weighted by Crippen LogP contribution is -2.44. The quantitative estimate of drug-likeness (QED) is 0.333. The average molecular weight is 415 g/mol. The van der Waals surface area contributed by atoms with Crippen LogP contribution >= 0.6 is 11.3 Å². The van der Waals surface area contributed by atoms with Gasteiger partial charge in [0.25, 0.3) is 0 Å². The summed E-state index contributed by atoms with van der Waals surface area (Å²) in [7, 11) is 1.63. The highest BCUT2D eigenvalue weighted by atomic mass is 32.1. The molecule has 1 aromatic carbocycles. The minimum Gasteiger partial charge on any atom is -0.497 e. The Balaban J connectivity index is 1.63. The van der Waals surface area contributed by atoms with Crippen LogP contribution in [0.1, 0.15) is 24.5 Å². The number of methoxy groups -OCH3 is 1. The lowest BCUT2D eigenvalue weighted by Gasteiger charge is -2.23. The van der Waals surface area contributed by atoms with Crippen LogP contribution < -0.4 is 15.4 Å². The summed E-state index contributed by atoms with van der Waals surface area (Å²) in [5, 5.41) is 26.2. The van der Waals surface area contributed by atoms with Gasteiger partial charge in [0.05, 0.1) is 13.7 Å². The first-order valence-corrected chi connectivity index (χ1v) is 10.2. The number of hydrogen-bond acceptors (Lipinski definition) is 6. The third kappa shape index (κ3) is 5.55. The summed E-state index contributed by atoms with van der Waals surface area (Å²) in [5.41, 5.74) is -0.0766. The SMILES string of the molecule is CCNC(=NCc1nc(-c2ccc(OC)cc2)n[nH]1)NCC(C)(O)c1cccs1. The van der Waals surface area contributed by atoms with Crippen molar-refractivity contribution in [1.82, 2.24) is 25.8 Å². The van der Waals surface area contributed by atoms with Gasteiger partial charge in [-0.1, -0.05) is 6.07 Å². The molecule has 0 fully saturated rings. The van der Waals surface area contributed by atoms with Crippen molar-refractivity contribution in [3.05, 3.63) is 52.5 Å². The number of guanidine groups is 1. The zero-order chi connectivity index (χ0) is 20.7. The summed E-state index contributed by atoms with van der Waals surface area (Å²) in [6, 6.07) is 11.4. The van der Waals surface area contributed by atoms with Crippen LogP contribution in [0.25, 0.3) is 11.4 Å². The third-order valence-electron chi connectivity index (χ3n) is 4.26. The monoisotopic (exact) mass is 414 g/mol. The van der Waals surface area contributed by atoms with Crippen molar-refractivity contribution in [2.45, 2.75) is 26.0 Å². The first kappa shape index (κ1) is 20.8. The van der Waals surface area contributed by atoms with Gasteiger partial charge in [-0.3, -0.25) is 5.10 Å². The standard InChI is InChI=1S/C20H26N6O2S/c1-4-21-19(23-13-20(2,27)16-6-5-11-29-16)22-12-17-24-18(26-25-17)14-7-9-15(28-3)10-8-14/h5-11,27H,4,12-13H2,1-3H3,(H2,21,22,23)(H,24,25,26). The van der Waals surface area contributed by atoms with Gasteiger partial charge < -0.3 is 20.5 Å². The van der Waals surface area contributed by atoms with Crippen molar-refractivity contribution in [2.24, 2.45) is 4.99 Å². The third-order valence-corrected chi connectivity index (χ3v) is 5.39. The molecule has 0 amide bonds. The number of aliphatic imine (C=N–C) groups is 1. The van der Waals surface area contributed by atoms with Crippen molar-refractivity contribution in [3.63, 3.8) is 0 Å². The largest absolute Gasteiger partial charge is 0.497 e. The van der Waals surface area contributed by atoms with Crippen molar-refractivity contribution >= 4 is 17.3 Å². The molecular weight excluding hydrogens is 388 g/mol. The van der Waals surface area contributed by atoms with E-state index in [1.54, 1.807) is 14.0 Å². The van der Waals surface area contributed by atoms with Gasteiger partial charge in [0, 0.05) is 17.0 Å². The van der Waals surface area contributed by atoms with E-state index in [9.17, 15) is 5.11 Å². The molecule has 0 bridgehead atoms. The van der Waals surface area contributed by atoms with Gasteiger partial charge in [0.1, 0.15) is 23.7 Å². The number of H-pyrrole nitrogens is 1. The van der Waals surface area contributed by atoms with Gasteiger partial charge in [0.15, 0.2) is 11.8 Å². The van der Waals surface area contributed by atoms with E-state index < -0.39 is 5.60 Å². The topological polar surface area (TPSA) is 107 Å². The number of ether oxygens (including phenoxy) is 1. The predicted molar refractivity (Wildman–Crippen MR) is 115 cm³/mol. The molecule has 1 atom stereocenters. The van der Waals surface area contributed by atoms with E-state index in [1.807, 2.05) is 48.7 Å². The van der Waals surface area contributed by atoms with Gasteiger partial charge in [0.2, 0.25) is 0 Å². The van der Waals surface area contributed by atoms with Crippen LogP contribution in [0.5, 0.6) is 5.75 Å². The van der Waals surface area contributed by atoms with Crippen LogP contribution in [0.15, 0.2) is 46.8 Å². The van der Waals surface area contributed by atoms with Gasteiger partial charge in [-0.2, -0.15) is 5.10 Å². The fourth-order valence-corrected chi connectivity index (χ4v) is 3.45. The van der Waals surface area contributed by atoms with Crippen LogP contribution in [0.3, 0.4) is 0 Å². The van der Waals surface area contributed by atoms with Crippen molar-refractivity contribution in [2.75, 3.05) is 20.2 Å². The summed E-state index contributed by atoms with van der Waals surface area (Å²) in [5.74, 6) is 2.65. The Hall–Kier alpha value is -2.91. The highest BCUT2D eigenvalue weighted by Crippen LogP contribution is 2.24. The Morgan fingerprint density at radius 1 is 1.28 bits per heavy atom. The summed E-state index contributed by atoms with van der Waals surface area (Å²) >= 11 is 1.53. The minimum absolute atomic E-state index is 0.333. The van der Waals surface area contributed by atoms with E-state index >= 15 is 0 Å². The fourth-order valence-electron chi connectivity index (χ4n) is 2.66. The van der Waals surface area contributed by atoms with E-state index in [-0.39, 0.29) is 0 Å². The van der Waals surface area contributed by atoms with E-state index in [1.165, 1.54) is 11.3 Å². The normalized spacial score (nSPS) is 13.7. The first-order chi connectivity index (χ1) is 14.0. The number of thiophene rings is 1.